The van der Waals surface area contributed by atoms with Crippen molar-refractivity contribution in [1.29, 1.82) is 0 Å². The number of rotatable bonds is 6. The van der Waals surface area contributed by atoms with E-state index in [1.54, 1.807) is 4.90 Å². The Morgan fingerprint density at radius 2 is 1.74 bits per heavy atom. The average molecular weight is 486 g/mol. The molecule has 1 aliphatic heterocycles. The number of piperidine rings is 1. The monoisotopic (exact) mass is 485 g/mol. The Morgan fingerprint density at radius 1 is 1.09 bits per heavy atom. The first kappa shape index (κ1) is 23.6. The highest BCUT2D eigenvalue weighted by Gasteiger charge is 2.27. The molecule has 3 aromatic rings. The van der Waals surface area contributed by atoms with E-state index >= 15 is 0 Å². The maximum absolute atomic E-state index is 14.0. The number of halogens is 2. The first-order valence-corrected chi connectivity index (χ1v) is 11.8. The molecule has 0 saturated carbocycles. The topological polar surface area (TPSA) is 100 Å². The summed E-state index contributed by atoms with van der Waals surface area (Å²) in [6.45, 7) is 3.05. The standard InChI is InChI=1S/C24H25F2N5O2S/c1-14(15-6-3-2-4-7-15)28-24(33)31-12-10-16(11-13-31)29-23-30-22(27)21(34-23)20(32)19-17(25)8-5-9-18(19)26/h2-9,14,16H,10-13,27H2,1H3,(H,28,33)(H,29,30). The quantitative estimate of drug-likeness (QED) is 0.444. The van der Waals surface area contributed by atoms with Crippen LogP contribution < -0.4 is 16.4 Å². The van der Waals surface area contributed by atoms with Crippen LogP contribution in [0.5, 0.6) is 0 Å². The normalized spacial score (nSPS) is 15.1. The lowest BCUT2D eigenvalue weighted by Crippen LogP contribution is -2.47. The summed E-state index contributed by atoms with van der Waals surface area (Å²) in [7, 11) is 0. The number of urea groups is 1. The van der Waals surface area contributed by atoms with E-state index < -0.39 is 23.0 Å². The van der Waals surface area contributed by atoms with Crippen LogP contribution in [0.2, 0.25) is 0 Å². The smallest absolute Gasteiger partial charge is 0.317 e. The zero-order valence-electron chi connectivity index (χ0n) is 18.6. The largest absolute Gasteiger partial charge is 0.382 e. The van der Waals surface area contributed by atoms with Crippen molar-refractivity contribution in [2.75, 3.05) is 24.1 Å². The zero-order valence-corrected chi connectivity index (χ0v) is 19.4. The fraction of sp³-hybridized carbons (Fsp3) is 0.292. The number of nitrogens with one attached hydrogen (secondary N) is 2. The number of carbonyl (C=O) groups is 2. The molecule has 0 radical (unpaired) electrons. The van der Waals surface area contributed by atoms with Crippen molar-refractivity contribution in [2.24, 2.45) is 0 Å². The Bertz CT molecular complexity index is 1160. The molecule has 1 fully saturated rings. The third-order valence-corrected chi connectivity index (χ3v) is 6.80. The Hall–Kier alpha value is -3.53. The summed E-state index contributed by atoms with van der Waals surface area (Å²) in [5, 5.41) is 6.65. The van der Waals surface area contributed by atoms with E-state index in [1.165, 1.54) is 6.07 Å². The lowest BCUT2D eigenvalue weighted by atomic mass is 10.1. The number of nitrogens with two attached hydrogens (primary N) is 1. The molecule has 1 aliphatic rings. The van der Waals surface area contributed by atoms with Gasteiger partial charge in [-0.3, -0.25) is 4.79 Å². The molecule has 1 atom stereocenters. The van der Waals surface area contributed by atoms with Crippen LogP contribution in [0, 0.1) is 11.6 Å². The van der Waals surface area contributed by atoms with E-state index in [2.05, 4.69) is 15.6 Å². The second-order valence-corrected chi connectivity index (χ2v) is 9.15. The van der Waals surface area contributed by atoms with Crippen molar-refractivity contribution in [1.82, 2.24) is 15.2 Å². The zero-order chi connectivity index (χ0) is 24.2. The van der Waals surface area contributed by atoms with E-state index in [4.69, 9.17) is 5.73 Å². The fourth-order valence-corrected chi connectivity index (χ4v) is 4.80. The summed E-state index contributed by atoms with van der Waals surface area (Å²) in [5.74, 6) is -2.80. The second-order valence-electron chi connectivity index (χ2n) is 8.15. The molecule has 34 heavy (non-hydrogen) atoms. The molecule has 2 aromatic carbocycles. The minimum absolute atomic E-state index is 0.0155. The van der Waals surface area contributed by atoms with Crippen LogP contribution in [0.1, 0.15) is 46.6 Å². The van der Waals surface area contributed by atoms with E-state index in [1.807, 2.05) is 37.3 Å². The maximum atomic E-state index is 14.0. The van der Waals surface area contributed by atoms with Crippen LogP contribution in [0.15, 0.2) is 48.5 Å². The van der Waals surface area contributed by atoms with Gasteiger partial charge in [0.2, 0.25) is 5.78 Å². The Balaban J connectivity index is 1.33. The van der Waals surface area contributed by atoms with Gasteiger partial charge < -0.3 is 21.3 Å². The van der Waals surface area contributed by atoms with Gasteiger partial charge in [-0.15, -0.1) is 0 Å². The third-order valence-electron chi connectivity index (χ3n) is 5.80. The molecule has 1 unspecified atom stereocenters. The highest BCUT2D eigenvalue weighted by Crippen LogP contribution is 2.30. The predicted octanol–water partition coefficient (Wildman–Crippen LogP) is 4.58. The maximum Gasteiger partial charge on any atom is 0.317 e. The number of hydrogen-bond donors (Lipinski definition) is 3. The predicted molar refractivity (Wildman–Crippen MR) is 128 cm³/mol. The number of anilines is 2. The van der Waals surface area contributed by atoms with Gasteiger partial charge in [0.15, 0.2) is 5.13 Å². The van der Waals surface area contributed by atoms with Gasteiger partial charge in [0.25, 0.3) is 0 Å². The van der Waals surface area contributed by atoms with Gasteiger partial charge >= 0.3 is 6.03 Å². The Kier molecular flexibility index (Phi) is 7.06. The van der Waals surface area contributed by atoms with E-state index in [9.17, 15) is 18.4 Å². The number of aromatic nitrogens is 1. The molecule has 0 aliphatic carbocycles. The van der Waals surface area contributed by atoms with Gasteiger partial charge in [0.05, 0.1) is 11.6 Å². The van der Waals surface area contributed by atoms with Gasteiger partial charge in [0, 0.05) is 19.1 Å². The SMILES string of the molecule is CC(NC(=O)N1CCC(Nc2nc(N)c(C(=O)c3c(F)cccc3F)s2)CC1)c1ccccc1. The molecule has 4 rings (SSSR count). The molecule has 7 nitrogen and oxygen atoms in total. The van der Waals surface area contributed by atoms with Gasteiger partial charge in [-0.05, 0) is 37.5 Å². The lowest BCUT2D eigenvalue weighted by molar-refractivity contribution is 0.103. The molecular weight excluding hydrogens is 460 g/mol. The van der Waals surface area contributed by atoms with Crippen LogP contribution in [0.4, 0.5) is 24.5 Å². The second kappa shape index (κ2) is 10.2. The first-order valence-electron chi connectivity index (χ1n) is 11.0. The van der Waals surface area contributed by atoms with Crippen molar-refractivity contribution in [3.8, 4) is 0 Å². The number of benzene rings is 2. The highest BCUT2D eigenvalue weighted by molar-refractivity contribution is 7.18. The van der Waals surface area contributed by atoms with Gasteiger partial charge in [-0.25, -0.2) is 18.6 Å². The molecule has 2 heterocycles. The molecule has 0 bridgehead atoms. The Labute approximate surface area is 200 Å². The van der Waals surface area contributed by atoms with Crippen LogP contribution >= 0.6 is 11.3 Å². The third kappa shape index (κ3) is 5.17. The van der Waals surface area contributed by atoms with Gasteiger partial charge in [0.1, 0.15) is 22.3 Å². The minimum Gasteiger partial charge on any atom is -0.382 e. The molecule has 1 aromatic heterocycles. The molecular formula is C24H25F2N5O2S. The van der Waals surface area contributed by atoms with Crippen molar-refractivity contribution >= 4 is 34.1 Å². The molecule has 178 valence electrons. The van der Waals surface area contributed by atoms with Crippen molar-refractivity contribution in [2.45, 2.75) is 31.8 Å². The number of hydrogen-bond acceptors (Lipinski definition) is 6. The summed E-state index contributed by atoms with van der Waals surface area (Å²) >= 11 is 0.964. The number of likely N-dealkylation sites (tertiary alicyclic amines) is 1. The van der Waals surface area contributed by atoms with Crippen LogP contribution in [-0.2, 0) is 0 Å². The fourth-order valence-electron chi connectivity index (χ4n) is 3.89. The van der Waals surface area contributed by atoms with Crippen LogP contribution in [0.3, 0.4) is 0 Å². The summed E-state index contributed by atoms with van der Waals surface area (Å²) in [6, 6.07) is 12.8. The van der Waals surface area contributed by atoms with E-state index in [0.29, 0.717) is 31.1 Å². The molecule has 0 spiro atoms. The number of nitrogens with zero attached hydrogens (tertiary/aromatic N) is 2. The molecule has 4 N–H and O–H groups in total. The van der Waals surface area contributed by atoms with E-state index in [-0.39, 0.29) is 28.8 Å². The van der Waals surface area contributed by atoms with Crippen molar-refractivity contribution in [3.63, 3.8) is 0 Å². The van der Waals surface area contributed by atoms with E-state index in [0.717, 1.165) is 29.0 Å². The number of amides is 2. The van der Waals surface area contributed by atoms with Crippen LogP contribution in [0.25, 0.3) is 0 Å². The lowest BCUT2D eigenvalue weighted by Gasteiger charge is -2.33. The van der Waals surface area contributed by atoms with Crippen molar-refractivity contribution in [3.05, 3.63) is 76.2 Å². The summed E-state index contributed by atoms with van der Waals surface area (Å²) in [5.41, 5.74) is 6.26. The average Bonchev–Trinajstić information content (AvgIpc) is 3.19. The highest BCUT2D eigenvalue weighted by atomic mass is 32.1. The first-order chi connectivity index (χ1) is 16.3. The summed E-state index contributed by atoms with van der Waals surface area (Å²) in [6.07, 6.45) is 1.36. The number of nitrogen functional groups attached to an aromatic ring is 1. The summed E-state index contributed by atoms with van der Waals surface area (Å²) < 4.78 is 28.0. The van der Waals surface area contributed by atoms with Crippen LogP contribution in [-0.4, -0.2) is 40.8 Å². The number of carbonyl (C=O) groups excluding carboxylic acids is 2. The van der Waals surface area contributed by atoms with Gasteiger partial charge in [-0.1, -0.05) is 47.7 Å². The summed E-state index contributed by atoms with van der Waals surface area (Å²) in [4.78, 5) is 31.2. The molecule has 2 amide bonds. The molecule has 10 heteroatoms. The molecule has 1 saturated heterocycles. The number of thiazole rings is 1. The Morgan fingerprint density at radius 3 is 2.38 bits per heavy atom. The van der Waals surface area contributed by atoms with Crippen molar-refractivity contribution < 1.29 is 18.4 Å². The minimum atomic E-state index is -0.945. The number of ketones is 1. The van der Waals surface area contributed by atoms with Gasteiger partial charge in [-0.2, -0.15) is 0 Å².